The minimum absolute atomic E-state index is 0.115. The van der Waals surface area contributed by atoms with Gasteiger partial charge < -0.3 is 20.1 Å². The number of aromatic carboxylic acids is 1. The predicted molar refractivity (Wildman–Crippen MR) is 181 cm³/mol. The van der Waals surface area contributed by atoms with Gasteiger partial charge in [0.1, 0.15) is 17.7 Å². The molecule has 16 heteroatoms. The second-order valence-corrected chi connectivity index (χ2v) is 13.1. The first-order chi connectivity index (χ1) is 24.1. The van der Waals surface area contributed by atoms with Crippen LogP contribution in [0, 0.1) is 11.6 Å². The molecule has 4 aromatic rings. The largest absolute Gasteiger partial charge is 0.478 e. The predicted octanol–water partition coefficient (Wildman–Crippen LogP) is 4.98. The van der Waals surface area contributed by atoms with Crippen molar-refractivity contribution in [1.82, 2.24) is 25.1 Å². The number of anilines is 1. The van der Waals surface area contributed by atoms with E-state index in [2.05, 4.69) is 20.2 Å². The highest BCUT2D eigenvalue weighted by atomic mass is 35.5. The smallest absolute Gasteiger partial charge is 0.338 e. The molecule has 0 aliphatic carbocycles. The SMILES string of the molecule is COC(=O)C1=C(CN2CCN3C(=O)N(c4ccc(-c5ccc(C(=O)O)c(F)c5)nc4)C[C@@H]3C2)NC(c2nccs2)=N[C@H]1c1ccc(F)cc1Cl. The molecule has 3 aliphatic heterocycles. The Bertz CT molecular complexity index is 2060. The highest BCUT2D eigenvalue weighted by molar-refractivity contribution is 7.11. The summed E-state index contributed by atoms with van der Waals surface area (Å²) in [5, 5.41) is 14.9. The number of amides is 2. The standard InChI is InChI=1S/C34H28ClF2N7O5S/c1-49-33(47)28-27(40-30(31-38-8-11-50-31)41-29(28)22-6-3-19(36)13-24(22)35)17-42-9-10-43-21(15-42)16-44(34(43)48)20-4-7-26(39-14-20)18-2-5-23(32(45)46)25(37)12-18/h2-8,11-14,21,29H,9-10,15-17H2,1H3,(H,40,41)(H,45,46)/t21-,29-/m0/s1. The maximum absolute atomic E-state index is 14.3. The number of piperazine rings is 1. The molecule has 12 nitrogen and oxygen atoms in total. The van der Waals surface area contributed by atoms with Crippen LogP contribution in [0.3, 0.4) is 0 Å². The van der Waals surface area contributed by atoms with Gasteiger partial charge in [-0.15, -0.1) is 11.3 Å². The molecule has 2 aromatic carbocycles. The zero-order chi connectivity index (χ0) is 35.1. The molecule has 2 aromatic heterocycles. The van der Waals surface area contributed by atoms with Crippen molar-refractivity contribution in [2.45, 2.75) is 12.1 Å². The van der Waals surface area contributed by atoms with E-state index in [4.69, 9.17) is 26.4 Å². The van der Waals surface area contributed by atoms with Crippen molar-refractivity contribution in [1.29, 1.82) is 0 Å². The van der Waals surface area contributed by atoms with Crippen LogP contribution >= 0.6 is 22.9 Å². The molecule has 256 valence electrons. The van der Waals surface area contributed by atoms with Gasteiger partial charge in [-0.3, -0.25) is 19.8 Å². The maximum atomic E-state index is 14.3. The molecule has 0 saturated carbocycles. The van der Waals surface area contributed by atoms with Crippen molar-refractivity contribution < 1.29 is 33.0 Å². The number of carbonyl (C=O) groups is 3. The number of methoxy groups -OCH3 is 1. The van der Waals surface area contributed by atoms with E-state index >= 15 is 0 Å². The molecule has 2 amide bonds. The first-order valence-corrected chi connectivity index (χ1v) is 16.7. The summed E-state index contributed by atoms with van der Waals surface area (Å²) in [6.45, 7) is 2.11. The van der Waals surface area contributed by atoms with E-state index < -0.39 is 35.2 Å². The fourth-order valence-corrected chi connectivity index (χ4v) is 7.25. The molecule has 50 heavy (non-hydrogen) atoms. The average molecular weight is 720 g/mol. The van der Waals surface area contributed by atoms with Crippen LogP contribution in [0.4, 0.5) is 19.3 Å². The van der Waals surface area contributed by atoms with Gasteiger partial charge in [-0.05, 0) is 36.4 Å². The number of urea groups is 1. The summed E-state index contributed by atoms with van der Waals surface area (Å²) < 4.78 is 33.5. The quantitative estimate of drug-likeness (QED) is 0.241. The number of pyridine rings is 1. The fraction of sp³-hybridized carbons (Fsp3) is 0.235. The van der Waals surface area contributed by atoms with Crippen LogP contribution in [0.2, 0.25) is 5.02 Å². The maximum Gasteiger partial charge on any atom is 0.338 e. The van der Waals surface area contributed by atoms with Crippen molar-refractivity contribution >= 4 is 52.4 Å². The van der Waals surface area contributed by atoms with E-state index in [1.165, 1.54) is 55.0 Å². The summed E-state index contributed by atoms with van der Waals surface area (Å²) in [6.07, 6.45) is 3.18. The fourth-order valence-electron chi connectivity index (χ4n) is 6.39. The lowest BCUT2D eigenvalue weighted by molar-refractivity contribution is -0.136. The van der Waals surface area contributed by atoms with Crippen molar-refractivity contribution in [2.75, 3.05) is 44.7 Å². The molecule has 0 bridgehead atoms. The highest BCUT2D eigenvalue weighted by Crippen LogP contribution is 2.37. The number of carboxylic acids is 1. The number of aromatic nitrogens is 2. The number of esters is 1. The van der Waals surface area contributed by atoms with Crippen LogP contribution in [-0.2, 0) is 9.53 Å². The van der Waals surface area contributed by atoms with E-state index in [1.54, 1.807) is 28.1 Å². The lowest BCUT2D eigenvalue weighted by Crippen LogP contribution is -2.53. The Balaban J connectivity index is 1.11. The molecule has 0 unspecified atom stereocenters. The van der Waals surface area contributed by atoms with E-state index in [9.17, 15) is 23.2 Å². The first-order valence-electron chi connectivity index (χ1n) is 15.4. The molecular formula is C34H28ClF2N7O5S. The second-order valence-electron chi connectivity index (χ2n) is 11.8. The van der Waals surface area contributed by atoms with Gasteiger partial charge in [0, 0.05) is 66.1 Å². The Morgan fingerprint density at radius 3 is 2.62 bits per heavy atom. The van der Waals surface area contributed by atoms with Crippen molar-refractivity contribution in [3.05, 3.63) is 110 Å². The molecule has 2 atom stereocenters. The third-order valence-electron chi connectivity index (χ3n) is 8.80. The van der Waals surface area contributed by atoms with Crippen molar-refractivity contribution in [2.24, 2.45) is 4.99 Å². The number of nitrogens with zero attached hydrogens (tertiary/aromatic N) is 6. The topological polar surface area (TPSA) is 141 Å². The zero-order valence-electron chi connectivity index (χ0n) is 26.3. The molecule has 5 heterocycles. The Hall–Kier alpha value is -5.25. The Labute approximate surface area is 293 Å². The number of hydrogen-bond acceptors (Lipinski definition) is 10. The molecule has 3 aliphatic rings. The number of carbonyl (C=O) groups excluding carboxylic acids is 2. The summed E-state index contributed by atoms with van der Waals surface area (Å²) in [4.78, 5) is 57.2. The minimum atomic E-state index is -1.36. The number of hydrogen-bond donors (Lipinski definition) is 2. The third kappa shape index (κ3) is 6.30. The number of ether oxygens (including phenoxy) is 1. The number of rotatable bonds is 8. The van der Waals surface area contributed by atoms with Gasteiger partial charge in [0.25, 0.3) is 0 Å². The van der Waals surface area contributed by atoms with Gasteiger partial charge in [0.2, 0.25) is 0 Å². The Morgan fingerprint density at radius 2 is 1.94 bits per heavy atom. The van der Waals surface area contributed by atoms with Gasteiger partial charge in [0.15, 0.2) is 10.8 Å². The first kappa shape index (κ1) is 33.3. The number of thiazole rings is 1. The van der Waals surface area contributed by atoms with Crippen LogP contribution in [0.25, 0.3) is 11.3 Å². The van der Waals surface area contributed by atoms with E-state index in [1.807, 2.05) is 5.38 Å². The molecule has 2 saturated heterocycles. The summed E-state index contributed by atoms with van der Waals surface area (Å²) in [5.41, 5.74) is 2.17. The summed E-state index contributed by atoms with van der Waals surface area (Å²) in [5.74, 6) is -2.92. The lowest BCUT2D eigenvalue weighted by atomic mass is 9.95. The van der Waals surface area contributed by atoms with Gasteiger partial charge >= 0.3 is 18.0 Å². The lowest BCUT2D eigenvalue weighted by Gasteiger charge is -2.38. The van der Waals surface area contributed by atoms with Crippen LogP contribution in [0.1, 0.15) is 27.0 Å². The van der Waals surface area contributed by atoms with Crippen molar-refractivity contribution in [3.8, 4) is 11.3 Å². The molecule has 2 N–H and O–H groups in total. The molecule has 2 fully saturated rings. The Morgan fingerprint density at radius 1 is 1.10 bits per heavy atom. The van der Waals surface area contributed by atoms with Crippen LogP contribution < -0.4 is 10.2 Å². The molecule has 0 spiro atoms. The zero-order valence-corrected chi connectivity index (χ0v) is 27.9. The number of nitrogens with one attached hydrogen (secondary N) is 1. The van der Waals surface area contributed by atoms with Gasteiger partial charge in [-0.25, -0.2) is 28.1 Å². The van der Waals surface area contributed by atoms with Gasteiger partial charge in [-0.1, -0.05) is 23.7 Å². The minimum Gasteiger partial charge on any atom is -0.478 e. The highest BCUT2D eigenvalue weighted by Gasteiger charge is 2.42. The molecule has 7 rings (SSSR count). The molecule has 0 radical (unpaired) electrons. The normalized spacial score (nSPS) is 19.3. The molecular weight excluding hydrogens is 692 g/mol. The Kier molecular flexibility index (Phi) is 9.03. The van der Waals surface area contributed by atoms with Crippen LogP contribution in [0.15, 0.2) is 82.6 Å². The number of fused-ring (bicyclic) bond motifs is 1. The monoisotopic (exact) mass is 719 g/mol. The average Bonchev–Trinajstić information content (AvgIpc) is 3.76. The number of amidine groups is 1. The van der Waals surface area contributed by atoms with Crippen molar-refractivity contribution in [3.63, 3.8) is 0 Å². The number of aliphatic imine (C=N–C) groups is 1. The number of carboxylic acid groups (broad SMARTS) is 1. The third-order valence-corrected chi connectivity index (χ3v) is 9.90. The van der Waals surface area contributed by atoms with E-state index in [-0.39, 0.29) is 29.2 Å². The summed E-state index contributed by atoms with van der Waals surface area (Å²) in [6, 6.07) is 9.87. The van der Waals surface area contributed by atoms with Crippen LogP contribution in [-0.4, -0.2) is 94.6 Å². The van der Waals surface area contributed by atoms with Gasteiger partial charge in [-0.2, -0.15) is 0 Å². The summed E-state index contributed by atoms with van der Waals surface area (Å²) >= 11 is 7.85. The number of benzene rings is 2. The summed E-state index contributed by atoms with van der Waals surface area (Å²) in [7, 11) is 1.28. The van der Waals surface area contributed by atoms with E-state index in [0.717, 1.165) is 6.07 Å². The second kappa shape index (κ2) is 13.6. The van der Waals surface area contributed by atoms with Gasteiger partial charge in [0.05, 0.1) is 41.9 Å². The number of halogens is 3. The van der Waals surface area contributed by atoms with Crippen LogP contribution in [0.5, 0.6) is 0 Å². The van der Waals surface area contributed by atoms with E-state index in [0.29, 0.717) is 65.2 Å².